The maximum Gasteiger partial charge on any atom is 0.257 e. The average Bonchev–Trinajstić information content (AvgIpc) is 3.13. The molecule has 0 atom stereocenters. The van der Waals surface area contributed by atoms with Crippen LogP contribution in [0.25, 0.3) is 27.9 Å². The van der Waals surface area contributed by atoms with Crippen molar-refractivity contribution in [2.75, 3.05) is 11.1 Å². The number of benzene rings is 3. The summed E-state index contributed by atoms with van der Waals surface area (Å²) in [6, 6.07) is 21.8. The lowest BCUT2D eigenvalue weighted by atomic mass is 10.2. The van der Waals surface area contributed by atoms with Crippen LogP contribution in [-0.2, 0) is 11.3 Å². The Kier molecular flexibility index (Phi) is 5.80. The highest BCUT2D eigenvalue weighted by molar-refractivity contribution is 6.30. The largest absolute Gasteiger partial charge is 0.384 e. The van der Waals surface area contributed by atoms with Crippen LogP contribution in [0.3, 0.4) is 0 Å². The SMILES string of the molecule is CC(=O)Nc1ccc(-n2c(N)c(C(=O)NCc3ccc(Cl)cc3)c3nc4ccccc4nc32)cc1. The second-order valence-corrected chi connectivity index (χ2v) is 8.45. The molecule has 3 aromatic carbocycles. The first-order chi connectivity index (χ1) is 16.9. The zero-order valence-electron chi connectivity index (χ0n) is 18.7. The van der Waals surface area contributed by atoms with Crippen LogP contribution in [0.15, 0.2) is 72.8 Å². The predicted molar refractivity (Wildman–Crippen MR) is 138 cm³/mol. The van der Waals surface area contributed by atoms with Gasteiger partial charge in [-0.15, -0.1) is 0 Å². The second-order valence-electron chi connectivity index (χ2n) is 8.02. The van der Waals surface area contributed by atoms with Gasteiger partial charge >= 0.3 is 0 Å². The minimum atomic E-state index is -0.361. The number of para-hydroxylation sites is 2. The van der Waals surface area contributed by atoms with Crippen molar-refractivity contribution in [1.82, 2.24) is 19.9 Å². The summed E-state index contributed by atoms with van der Waals surface area (Å²) in [6.45, 7) is 1.75. The molecule has 0 aliphatic rings. The number of nitrogens with two attached hydrogens (primary N) is 1. The molecule has 0 aliphatic carbocycles. The summed E-state index contributed by atoms with van der Waals surface area (Å²) < 4.78 is 1.70. The van der Waals surface area contributed by atoms with E-state index in [4.69, 9.17) is 27.3 Å². The Morgan fingerprint density at radius 3 is 2.26 bits per heavy atom. The lowest BCUT2D eigenvalue weighted by Crippen LogP contribution is -2.24. The van der Waals surface area contributed by atoms with Crippen LogP contribution in [0.5, 0.6) is 0 Å². The van der Waals surface area contributed by atoms with Gasteiger partial charge in [0.15, 0.2) is 5.65 Å². The molecule has 35 heavy (non-hydrogen) atoms. The first-order valence-corrected chi connectivity index (χ1v) is 11.3. The maximum atomic E-state index is 13.3. The quantitative estimate of drug-likeness (QED) is 0.334. The van der Waals surface area contributed by atoms with Gasteiger partial charge in [0.25, 0.3) is 5.91 Å². The van der Waals surface area contributed by atoms with Crippen LogP contribution in [0, 0.1) is 0 Å². The molecule has 174 valence electrons. The fraction of sp³-hybridized carbons (Fsp3) is 0.0769. The number of nitrogens with zero attached hydrogens (tertiary/aromatic N) is 3. The Hall–Kier alpha value is -4.43. The molecule has 0 unspecified atom stereocenters. The van der Waals surface area contributed by atoms with Crippen LogP contribution in [0.2, 0.25) is 5.02 Å². The Morgan fingerprint density at radius 2 is 1.60 bits per heavy atom. The molecule has 2 heterocycles. The van der Waals surface area contributed by atoms with Crippen LogP contribution < -0.4 is 16.4 Å². The Morgan fingerprint density at radius 1 is 0.943 bits per heavy atom. The Balaban J connectivity index is 1.61. The highest BCUT2D eigenvalue weighted by atomic mass is 35.5. The third-order valence-electron chi connectivity index (χ3n) is 5.54. The van der Waals surface area contributed by atoms with Crippen molar-refractivity contribution in [3.63, 3.8) is 0 Å². The van der Waals surface area contributed by atoms with E-state index >= 15 is 0 Å². The summed E-state index contributed by atoms with van der Waals surface area (Å²) in [5.74, 6) is -0.308. The van der Waals surface area contributed by atoms with Gasteiger partial charge in [-0.2, -0.15) is 0 Å². The number of carbonyl (C=O) groups is 2. The smallest absolute Gasteiger partial charge is 0.257 e. The van der Waals surface area contributed by atoms with E-state index < -0.39 is 0 Å². The molecule has 0 saturated heterocycles. The molecule has 2 aromatic heterocycles. The van der Waals surface area contributed by atoms with E-state index in [1.807, 2.05) is 36.4 Å². The summed E-state index contributed by atoms with van der Waals surface area (Å²) in [6.07, 6.45) is 0. The predicted octanol–water partition coefficient (Wildman–Crippen LogP) is 4.70. The van der Waals surface area contributed by atoms with Gasteiger partial charge in [-0.3, -0.25) is 14.2 Å². The van der Waals surface area contributed by atoms with Crippen molar-refractivity contribution in [3.8, 4) is 5.69 Å². The molecule has 9 heteroatoms. The normalized spacial score (nSPS) is 11.0. The van der Waals surface area contributed by atoms with Gasteiger partial charge in [0, 0.05) is 29.9 Å². The van der Waals surface area contributed by atoms with E-state index in [1.165, 1.54) is 6.92 Å². The van der Waals surface area contributed by atoms with E-state index in [9.17, 15) is 9.59 Å². The van der Waals surface area contributed by atoms with Crippen molar-refractivity contribution >= 4 is 57.1 Å². The molecule has 5 aromatic rings. The molecule has 0 saturated carbocycles. The molecular formula is C26H21ClN6O2. The lowest BCUT2D eigenvalue weighted by molar-refractivity contribution is -0.114. The van der Waals surface area contributed by atoms with E-state index in [1.54, 1.807) is 41.0 Å². The second kappa shape index (κ2) is 9.08. The van der Waals surface area contributed by atoms with Gasteiger partial charge in [0.1, 0.15) is 16.9 Å². The summed E-state index contributed by atoms with van der Waals surface area (Å²) >= 11 is 5.96. The van der Waals surface area contributed by atoms with Gasteiger partial charge in [0.05, 0.1) is 11.0 Å². The number of hydrogen-bond acceptors (Lipinski definition) is 5. The molecule has 8 nitrogen and oxygen atoms in total. The van der Waals surface area contributed by atoms with Crippen molar-refractivity contribution < 1.29 is 9.59 Å². The fourth-order valence-electron chi connectivity index (χ4n) is 3.92. The third kappa shape index (κ3) is 4.39. The number of fused-ring (bicyclic) bond motifs is 2. The molecule has 4 N–H and O–H groups in total. The molecule has 0 radical (unpaired) electrons. The van der Waals surface area contributed by atoms with E-state index in [0.29, 0.717) is 45.1 Å². The molecule has 0 fully saturated rings. The molecule has 0 spiro atoms. The fourth-order valence-corrected chi connectivity index (χ4v) is 4.04. The number of carbonyl (C=O) groups excluding carboxylic acids is 2. The van der Waals surface area contributed by atoms with Gasteiger partial charge in [-0.25, -0.2) is 9.97 Å². The van der Waals surface area contributed by atoms with Gasteiger partial charge in [-0.05, 0) is 54.1 Å². The first-order valence-electron chi connectivity index (χ1n) is 10.9. The monoisotopic (exact) mass is 484 g/mol. The number of aromatic nitrogens is 3. The highest BCUT2D eigenvalue weighted by Gasteiger charge is 2.24. The van der Waals surface area contributed by atoms with Gasteiger partial charge in [-0.1, -0.05) is 35.9 Å². The number of halogens is 1. The highest BCUT2D eigenvalue weighted by Crippen LogP contribution is 2.31. The molecule has 0 bridgehead atoms. The molecule has 2 amide bonds. The minimum absolute atomic E-state index is 0.166. The summed E-state index contributed by atoms with van der Waals surface area (Å²) in [4.78, 5) is 34.2. The van der Waals surface area contributed by atoms with E-state index in [-0.39, 0.29) is 23.2 Å². The summed E-state index contributed by atoms with van der Waals surface area (Å²) in [7, 11) is 0. The van der Waals surface area contributed by atoms with E-state index in [0.717, 1.165) is 5.56 Å². The van der Waals surface area contributed by atoms with Crippen molar-refractivity contribution in [3.05, 3.63) is 88.9 Å². The molecular weight excluding hydrogens is 464 g/mol. The van der Waals surface area contributed by atoms with Crippen molar-refractivity contribution in [2.24, 2.45) is 0 Å². The van der Waals surface area contributed by atoms with Crippen LogP contribution in [0.4, 0.5) is 11.5 Å². The number of amides is 2. The zero-order chi connectivity index (χ0) is 24.5. The molecule has 0 aliphatic heterocycles. The number of nitrogen functional groups attached to an aromatic ring is 1. The number of nitrogens with one attached hydrogen (secondary N) is 2. The first kappa shape index (κ1) is 22.4. The van der Waals surface area contributed by atoms with Crippen molar-refractivity contribution in [1.29, 1.82) is 0 Å². The summed E-state index contributed by atoms with van der Waals surface area (Å²) in [5.41, 5.74) is 11.2. The Bertz CT molecular complexity index is 1580. The number of hydrogen-bond donors (Lipinski definition) is 3. The average molecular weight is 485 g/mol. The van der Waals surface area contributed by atoms with E-state index in [2.05, 4.69) is 10.6 Å². The molecule has 5 rings (SSSR count). The lowest BCUT2D eigenvalue weighted by Gasteiger charge is -2.10. The van der Waals surface area contributed by atoms with Crippen LogP contribution >= 0.6 is 11.6 Å². The van der Waals surface area contributed by atoms with Crippen LogP contribution in [-0.4, -0.2) is 26.3 Å². The van der Waals surface area contributed by atoms with Gasteiger partial charge < -0.3 is 16.4 Å². The summed E-state index contributed by atoms with van der Waals surface area (Å²) in [5, 5.41) is 6.28. The van der Waals surface area contributed by atoms with Gasteiger partial charge in [0.2, 0.25) is 5.91 Å². The van der Waals surface area contributed by atoms with Crippen LogP contribution in [0.1, 0.15) is 22.8 Å². The Labute approximate surface area is 205 Å². The number of anilines is 2. The maximum absolute atomic E-state index is 13.3. The standard InChI is InChI=1S/C26H21ClN6O2/c1-15(34)30-18-10-12-19(13-11-18)33-24(28)22(26(35)29-14-16-6-8-17(27)9-7-16)23-25(33)32-21-5-3-2-4-20(21)31-23/h2-13H,14,28H2,1H3,(H,29,35)(H,30,34). The third-order valence-corrected chi connectivity index (χ3v) is 5.79. The minimum Gasteiger partial charge on any atom is -0.384 e. The van der Waals surface area contributed by atoms with Crippen molar-refractivity contribution in [2.45, 2.75) is 13.5 Å². The zero-order valence-corrected chi connectivity index (χ0v) is 19.5. The number of rotatable bonds is 5. The topological polar surface area (TPSA) is 115 Å².